The van der Waals surface area contributed by atoms with Gasteiger partial charge in [0.2, 0.25) is 0 Å². The van der Waals surface area contributed by atoms with E-state index in [4.69, 9.17) is 9.26 Å². The molecule has 0 unspecified atom stereocenters. The molecule has 1 saturated carbocycles. The maximum Gasteiger partial charge on any atom is 0.258 e. The number of carbonyl (C=O) groups is 1. The van der Waals surface area contributed by atoms with Gasteiger partial charge in [-0.15, -0.1) is 0 Å². The van der Waals surface area contributed by atoms with Gasteiger partial charge in [-0.05, 0) is 36.5 Å². The molecule has 29 heavy (non-hydrogen) atoms. The number of benzene rings is 1. The van der Waals surface area contributed by atoms with Gasteiger partial charge in [-0.2, -0.15) is 0 Å². The van der Waals surface area contributed by atoms with Crippen molar-refractivity contribution < 1.29 is 14.1 Å². The minimum absolute atomic E-state index is 0.0339. The fraction of sp³-hybridized carbons (Fsp3) is 0.476. The summed E-state index contributed by atoms with van der Waals surface area (Å²) in [6, 6.07) is 9.94. The molecule has 8 heteroatoms. The second-order valence-corrected chi connectivity index (χ2v) is 7.43. The van der Waals surface area contributed by atoms with Crippen molar-refractivity contribution in [3.05, 3.63) is 47.3 Å². The highest BCUT2D eigenvalue weighted by atomic mass is 16.5. The predicted octanol–water partition coefficient (Wildman–Crippen LogP) is 2.32. The molecule has 8 nitrogen and oxygen atoms in total. The molecule has 156 valence electrons. The third-order valence-electron chi connectivity index (χ3n) is 4.49. The number of aromatic nitrogens is 1. The average molecular weight is 399 g/mol. The summed E-state index contributed by atoms with van der Waals surface area (Å²) in [5.74, 6) is 2.34. The summed E-state index contributed by atoms with van der Waals surface area (Å²) < 4.78 is 10.9. The molecule has 1 aromatic carbocycles. The Morgan fingerprint density at radius 1 is 1.28 bits per heavy atom. The lowest BCUT2D eigenvalue weighted by Crippen LogP contribution is -2.36. The van der Waals surface area contributed by atoms with E-state index < -0.39 is 0 Å². The molecule has 3 N–H and O–H groups in total. The average Bonchev–Trinajstić information content (AvgIpc) is 3.39. The van der Waals surface area contributed by atoms with Crippen LogP contribution in [0.1, 0.15) is 49.6 Å². The number of nitrogens with one attached hydrogen (secondary N) is 3. The Morgan fingerprint density at radius 3 is 2.76 bits per heavy atom. The summed E-state index contributed by atoms with van der Waals surface area (Å²) in [6.45, 7) is 5.25. The zero-order valence-electron chi connectivity index (χ0n) is 17.2. The van der Waals surface area contributed by atoms with Gasteiger partial charge in [0.05, 0.1) is 12.2 Å². The highest BCUT2D eigenvalue weighted by molar-refractivity contribution is 5.79. The highest BCUT2D eigenvalue weighted by Gasteiger charge is 2.23. The summed E-state index contributed by atoms with van der Waals surface area (Å²) in [7, 11) is 1.72. The monoisotopic (exact) mass is 399 g/mol. The first kappa shape index (κ1) is 20.7. The quantitative estimate of drug-likeness (QED) is 0.442. The van der Waals surface area contributed by atoms with E-state index in [9.17, 15) is 4.79 Å². The number of aliphatic imine (C=N–C) groups is 1. The van der Waals surface area contributed by atoms with E-state index in [1.54, 1.807) is 7.05 Å². The summed E-state index contributed by atoms with van der Waals surface area (Å²) in [6.07, 6.45) is 2.13. The van der Waals surface area contributed by atoms with E-state index in [2.05, 4.69) is 39.9 Å². The van der Waals surface area contributed by atoms with Crippen LogP contribution in [0.3, 0.4) is 0 Å². The second kappa shape index (κ2) is 9.95. The molecule has 1 heterocycles. The summed E-state index contributed by atoms with van der Waals surface area (Å²) in [4.78, 5) is 16.0. The first-order valence-electron chi connectivity index (χ1n) is 9.94. The molecule has 0 radical (unpaired) electrons. The first-order valence-corrected chi connectivity index (χ1v) is 9.94. The molecule has 0 bridgehead atoms. The molecule has 1 aliphatic carbocycles. The molecular formula is C21H29N5O3. The molecule has 0 atom stereocenters. The van der Waals surface area contributed by atoms with Crippen molar-refractivity contribution in [3.63, 3.8) is 0 Å². The van der Waals surface area contributed by atoms with Gasteiger partial charge in [0.15, 0.2) is 18.3 Å². The van der Waals surface area contributed by atoms with Crippen molar-refractivity contribution in [3.8, 4) is 5.75 Å². The molecule has 0 aliphatic heterocycles. The van der Waals surface area contributed by atoms with Crippen molar-refractivity contribution in [2.75, 3.05) is 13.7 Å². The fourth-order valence-corrected chi connectivity index (χ4v) is 2.65. The number of carbonyl (C=O) groups excluding carboxylic acids is 1. The van der Waals surface area contributed by atoms with E-state index in [1.807, 2.05) is 30.3 Å². The van der Waals surface area contributed by atoms with E-state index >= 15 is 0 Å². The van der Waals surface area contributed by atoms with Crippen LogP contribution in [0.15, 0.2) is 39.8 Å². The zero-order chi connectivity index (χ0) is 20.6. The van der Waals surface area contributed by atoms with Crippen molar-refractivity contribution in [1.29, 1.82) is 0 Å². The van der Waals surface area contributed by atoms with Crippen molar-refractivity contribution in [2.24, 2.45) is 4.99 Å². The van der Waals surface area contributed by atoms with E-state index in [1.165, 1.54) is 0 Å². The van der Waals surface area contributed by atoms with Crippen LogP contribution in [0.5, 0.6) is 5.75 Å². The summed E-state index contributed by atoms with van der Waals surface area (Å²) in [5.41, 5.74) is 1.96. The maximum atomic E-state index is 11.7. The van der Waals surface area contributed by atoms with Crippen LogP contribution < -0.4 is 20.7 Å². The molecule has 1 amide bonds. The molecule has 0 saturated heterocycles. The lowest BCUT2D eigenvalue weighted by atomic mass is 10.1. The van der Waals surface area contributed by atoms with Gasteiger partial charge in [0.1, 0.15) is 5.75 Å². The Bertz CT molecular complexity index is 842. The van der Waals surface area contributed by atoms with E-state index in [-0.39, 0.29) is 12.5 Å². The minimum atomic E-state index is -0.0753. The Kier molecular flexibility index (Phi) is 7.10. The van der Waals surface area contributed by atoms with Gasteiger partial charge in [0, 0.05) is 25.7 Å². The largest absolute Gasteiger partial charge is 0.484 e. The number of nitrogens with zero attached hydrogens (tertiary/aromatic N) is 2. The maximum absolute atomic E-state index is 11.7. The summed E-state index contributed by atoms with van der Waals surface area (Å²) >= 11 is 0. The Balaban J connectivity index is 1.44. The normalized spacial score (nSPS) is 14.0. The van der Waals surface area contributed by atoms with Crippen LogP contribution in [-0.4, -0.2) is 36.7 Å². The number of guanidine groups is 1. The van der Waals surface area contributed by atoms with Gasteiger partial charge in [-0.25, -0.2) is 0 Å². The van der Waals surface area contributed by atoms with Gasteiger partial charge < -0.3 is 25.2 Å². The van der Waals surface area contributed by atoms with Gasteiger partial charge in [0.25, 0.3) is 5.91 Å². The molecule has 2 aromatic rings. The predicted molar refractivity (Wildman–Crippen MR) is 111 cm³/mol. The van der Waals surface area contributed by atoms with Crippen LogP contribution >= 0.6 is 0 Å². The number of ether oxygens (including phenoxy) is 1. The molecule has 1 aromatic heterocycles. The number of hydrogen-bond acceptors (Lipinski definition) is 5. The Morgan fingerprint density at radius 2 is 2.07 bits per heavy atom. The fourth-order valence-electron chi connectivity index (χ4n) is 2.65. The first-order chi connectivity index (χ1) is 14.0. The second-order valence-electron chi connectivity index (χ2n) is 7.43. The van der Waals surface area contributed by atoms with Gasteiger partial charge in [-0.3, -0.25) is 9.79 Å². The number of hydrogen-bond donors (Lipinski definition) is 3. The third kappa shape index (κ3) is 6.81. The molecule has 0 spiro atoms. The standard InChI is InChI=1S/C21H29N5O3/c1-14(2)19-10-18(29-26-19)12-24-21(22-3)23-11-15-5-4-6-17(9-15)28-13-20(27)25-16-7-8-16/h4-6,9-10,14,16H,7-8,11-13H2,1-3H3,(H,25,27)(H2,22,23,24). The SMILES string of the molecule is CN=C(NCc1cccc(OCC(=O)NC2CC2)c1)NCc1cc(C(C)C)no1. The molecule has 3 rings (SSSR count). The van der Waals surface area contributed by atoms with Crippen LogP contribution in [0, 0.1) is 0 Å². The van der Waals surface area contributed by atoms with E-state index in [0.29, 0.717) is 36.8 Å². The summed E-state index contributed by atoms with van der Waals surface area (Å²) in [5, 5.41) is 13.4. The van der Waals surface area contributed by atoms with E-state index in [0.717, 1.165) is 29.9 Å². The van der Waals surface area contributed by atoms with Gasteiger partial charge in [-0.1, -0.05) is 31.1 Å². The van der Waals surface area contributed by atoms with Crippen LogP contribution in [0.25, 0.3) is 0 Å². The molecule has 1 fully saturated rings. The topological polar surface area (TPSA) is 101 Å². The smallest absolute Gasteiger partial charge is 0.258 e. The Hall–Kier alpha value is -3.03. The van der Waals surface area contributed by atoms with Crippen LogP contribution in [0.2, 0.25) is 0 Å². The third-order valence-corrected chi connectivity index (χ3v) is 4.49. The highest BCUT2D eigenvalue weighted by Crippen LogP contribution is 2.18. The number of rotatable bonds is 9. The van der Waals surface area contributed by atoms with Crippen molar-refractivity contribution in [2.45, 2.75) is 51.7 Å². The van der Waals surface area contributed by atoms with Crippen LogP contribution in [-0.2, 0) is 17.9 Å². The lowest BCUT2D eigenvalue weighted by Gasteiger charge is -2.12. The van der Waals surface area contributed by atoms with Crippen LogP contribution in [0.4, 0.5) is 0 Å². The molecular weight excluding hydrogens is 370 g/mol. The van der Waals surface area contributed by atoms with Crippen molar-refractivity contribution >= 4 is 11.9 Å². The molecule has 1 aliphatic rings. The lowest BCUT2D eigenvalue weighted by molar-refractivity contribution is -0.123. The number of amides is 1. The zero-order valence-corrected chi connectivity index (χ0v) is 17.2. The van der Waals surface area contributed by atoms with Gasteiger partial charge >= 0.3 is 0 Å². The van der Waals surface area contributed by atoms with Crippen molar-refractivity contribution in [1.82, 2.24) is 21.1 Å². The Labute approximate surface area is 171 Å². The minimum Gasteiger partial charge on any atom is -0.484 e.